The number of nitrogens with zero attached hydrogens (tertiary/aromatic N) is 3. The fourth-order valence-corrected chi connectivity index (χ4v) is 3.74. The maximum atomic E-state index is 12.8. The van der Waals surface area contributed by atoms with E-state index in [1.807, 2.05) is 30.0 Å². The molecule has 0 spiro atoms. The molecular weight excluding hydrogens is 372 g/mol. The van der Waals surface area contributed by atoms with Crippen LogP contribution in [0.2, 0.25) is 0 Å². The van der Waals surface area contributed by atoms with Crippen molar-refractivity contribution in [2.75, 3.05) is 52.6 Å². The van der Waals surface area contributed by atoms with Crippen molar-refractivity contribution in [2.24, 2.45) is 0 Å². The highest BCUT2D eigenvalue weighted by atomic mass is 16.7. The number of rotatable bonds is 8. The Labute approximate surface area is 171 Å². The van der Waals surface area contributed by atoms with E-state index in [9.17, 15) is 9.59 Å². The van der Waals surface area contributed by atoms with Crippen molar-refractivity contribution < 1.29 is 19.1 Å². The molecule has 1 aromatic rings. The number of carbonyl (C=O) groups is 2. The third kappa shape index (κ3) is 5.39. The van der Waals surface area contributed by atoms with Gasteiger partial charge in [-0.2, -0.15) is 0 Å². The predicted octanol–water partition coefficient (Wildman–Crippen LogP) is 0.660. The van der Waals surface area contributed by atoms with Crippen LogP contribution in [0.5, 0.6) is 11.5 Å². The molecule has 29 heavy (non-hydrogen) atoms. The number of likely N-dealkylation sites (N-methyl/N-ethyl adjacent to an activating group) is 1. The van der Waals surface area contributed by atoms with Crippen LogP contribution in [0.25, 0.3) is 0 Å². The number of piperazine rings is 1. The molecular formula is C21H30N4O4. The molecule has 1 N–H and O–H groups in total. The minimum absolute atomic E-state index is 0.123. The molecule has 1 saturated carbocycles. The number of hydrogen-bond donors (Lipinski definition) is 1. The van der Waals surface area contributed by atoms with E-state index in [1.54, 1.807) is 0 Å². The second-order valence-electron chi connectivity index (χ2n) is 7.99. The molecule has 8 nitrogen and oxygen atoms in total. The van der Waals surface area contributed by atoms with Gasteiger partial charge in [-0.15, -0.1) is 0 Å². The van der Waals surface area contributed by atoms with E-state index in [2.05, 4.69) is 15.1 Å². The SMILES string of the molecule is CCN(Cc1ccc2c(c1)OCO2)C(=O)CN1CCN(CC(=O)NC2CC2)CC1. The van der Waals surface area contributed by atoms with Crippen LogP contribution in [0.1, 0.15) is 25.3 Å². The summed E-state index contributed by atoms with van der Waals surface area (Å²) in [6.07, 6.45) is 2.23. The molecule has 0 bridgehead atoms. The zero-order chi connectivity index (χ0) is 20.2. The molecule has 0 unspecified atom stereocenters. The summed E-state index contributed by atoms with van der Waals surface area (Å²) in [6, 6.07) is 6.24. The van der Waals surface area contributed by atoms with Crippen LogP contribution in [-0.4, -0.2) is 85.2 Å². The Morgan fingerprint density at radius 2 is 1.76 bits per heavy atom. The van der Waals surface area contributed by atoms with E-state index in [-0.39, 0.29) is 18.6 Å². The lowest BCUT2D eigenvalue weighted by Crippen LogP contribution is -2.52. The van der Waals surface area contributed by atoms with Gasteiger partial charge in [-0.05, 0) is 37.5 Å². The second-order valence-corrected chi connectivity index (χ2v) is 7.99. The van der Waals surface area contributed by atoms with Crippen molar-refractivity contribution in [1.82, 2.24) is 20.0 Å². The van der Waals surface area contributed by atoms with Crippen LogP contribution >= 0.6 is 0 Å². The Morgan fingerprint density at radius 3 is 2.45 bits per heavy atom. The van der Waals surface area contributed by atoms with Gasteiger partial charge in [0.2, 0.25) is 18.6 Å². The molecule has 2 heterocycles. The lowest BCUT2D eigenvalue weighted by molar-refractivity contribution is -0.133. The Bertz CT molecular complexity index is 744. The number of fused-ring (bicyclic) bond motifs is 1. The molecule has 3 aliphatic rings. The summed E-state index contributed by atoms with van der Waals surface area (Å²) < 4.78 is 10.8. The maximum absolute atomic E-state index is 12.8. The topological polar surface area (TPSA) is 74.4 Å². The maximum Gasteiger partial charge on any atom is 0.237 e. The quantitative estimate of drug-likeness (QED) is 0.689. The van der Waals surface area contributed by atoms with Gasteiger partial charge < -0.3 is 19.7 Å². The van der Waals surface area contributed by atoms with Crippen LogP contribution in [0, 0.1) is 0 Å². The van der Waals surface area contributed by atoms with Gasteiger partial charge in [0.25, 0.3) is 0 Å². The van der Waals surface area contributed by atoms with E-state index in [1.165, 1.54) is 0 Å². The van der Waals surface area contributed by atoms with Gasteiger partial charge in [0.1, 0.15) is 0 Å². The monoisotopic (exact) mass is 402 g/mol. The summed E-state index contributed by atoms with van der Waals surface area (Å²) in [5.74, 6) is 1.75. The molecule has 2 amide bonds. The zero-order valence-corrected chi connectivity index (χ0v) is 17.1. The molecule has 1 aromatic carbocycles. The predicted molar refractivity (Wildman–Crippen MR) is 108 cm³/mol. The van der Waals surface area contributed by atoms with Crippen LogP contribution < -0.4 is 14.8 Å². The minimum Gasteiger partial charge on any atom is -0.454 e. The molecule has 4 rings (SSSR count). The molecule has 0 atom stereocenters. The first-order valence-corrected chi connectivity index (χ1v) is 10.5. The highest BCUT2D eigenvalue weighted by Crippen LogP contribution is 2.32. The fraction of sp³-hybridized carbons (Fsp3) is 0.619. The summed E-state index contributed by atoms with van der Waals surface area (Å²) >= 11 is 0. The number of carbonyl (C=O) groups excluding carboxylic acids is 2. The van der Waals surface area contributed by atoms with Crippen LogP contribution in [0.3, 0.4) is 0 Å². The normalized spacial score (nSPS) is 19.2. The van der Waals surface area contributed by atoms with Crippen molar-refractivity contribution in [1.29, 1.82) is 0 Å². The molecule has 1 aliphatic carbocycles. The van der Waals surface area contributed by atoms with Gasteiger partial charge in [0.15, 0.2) is 11.5 Å². The molecule has 2 fully saturated rings. The van der Waals surface area contributed by atoms with E-state index in [0.717, 1.165) is 56.1 Å². The van der Waals surface area contributed by atoms with Gasteiger partial charge in [0.05, 0.1) is 13.1 Å². The smallest absolute Gasteiger partial charge is 0.237 e. The first-order chi connectivity index (χ1) is 14.1. The third-order valence-corrected chi connectivity index (χ3v) is 5.68. The highest BCUT2D eigenvalue weighted by Gasteiger charge is 2.26. The van der Waals surface area contributed by atoms with Crippen molar-refractivity contribution in [3.63, 3.8) is 0 Å². The number of hydrogen-bond acceptors (Lipinski definition) is 6. The lowest BCUT2D eigenvalue weighted by atomic mass is 10.2. The van der Waals surface area contributed by atoms with Crippen molar-refractivity contribution in [3.8, 4) is 11.5 Å². The summed E-state index contributed by atoms with van der Waals surface area (Å²) in [4.78, 5) is 31.0. The van der Waals surface area contributed by atoms with Gasteiger partial charge in [0, 0.05) is 45.3 Å². The molecule has 2 aliphatic heterocycles. The highest BCUT2D eigenvalue weighted by molar-refractivity contribution is 5.79. The lowest BCUT2D eigenvalue weighted by Gasteiger charge is -2.35. The Kier molecular flexibility index (Phi) is 6.20. The molecule has 8 heteroatoms. The van der Waals surface area contributed by atoms with Crippen molar-refractivity contribution >= 4 is 11.8 Å². The number of ether oxygens (including phenoxy) is 2. The molecule has 158 valence electrons. The number of nitrogens with one attached hydrogen (secondary N) is 1. The standard InChI is InChI=1S/C21H30N4O4/c1-2-25(12-16-3-6-18-19(11-16)29-15-28-18)21(27)14-24-9-7-23(8-10-24)13-20(26)22-17-4-5-17/h3,6,11,17H,2,4-5,7-10,12-15H2,1H3,(H,22,26). The van der Waals surface area contributed by atoms with E-state index >= 15 is 0 Å². The van der Waals surface area contributed by atoms with E-state index < -0.39 is 0 Å². The zero-order valence-electron chi connectivity index (χ0n) is 17.1. The second kappa shape index (κ2) is 9.00. The van der Waals surface area contributed by atoms with Crippen LogP contribution in [0.4, 0.5) is 0 Å². The number of benzene rings is 1. The summed E-state index contributed by atoms with van der Waals surface area (Å²) in [7, 11) is 0. The molecule has 1 saturated heterocycles. The van der Waals surface area contributed by atoms with Crippen molar-refractivity contribution in [2.45, 2.75) is 32.4 Å². The Balaban J connectivity index is 1.22. The summed E-state index contributed by atoms with van der Waals surface area (Å²) in [5, 5.41) is 3.03. The first kappa shape index (κ1) is 20.0. The van der Waals surface area contributed by atoms with Gasteiger partial charge >= 0.3 is 0 Å². The average Bonchev–Trinajstić information content (AvgIpc) is 3.40. The number of amides is 2. The minimum atomic E-state index is 0.123. The molecule has 0 radical (unpaired) electrons. The Morgan fingerprint density at radius 1 is 1.07 bits per heavy atom. The van der Waals surface area contributed by atoms with Crippen LogP contribution in [0.15, 0.2) is 18.2 Å². The third-order valence-electron chi connectivity index (χ3n) is 5.68. The first-order valence-electron chi connectivity index (χ1n) is 10.5. The summed E-state index contributed by atoms with van der Waals surface area (Å²) in [5.41, 5.74) is 1.04. The Hall–Kier alpha value is -2.32. The fourth-order valence-electron chi connectivity index (χ4n) is 3.74. The average molecular weight is 402 g/mol. The van der Waals surface area contributed by atoms with Gasteiger partial charge in [-0.25, -0.2) is 0 Å². The molecule has 0 aromatic heterocycles. The van der Waals surface area contributed by atoms with E-state index in [4.69, 9.17) is 9.47 Å². The van der Waals surface area contributed by atoms with Crippen LogP contribution in [-0.2, 0) is 16.1 Å². The largest absolute Gasteiger partial charge is 0.454 e. The van der Waals surface area contributed by atoms with E-state index in [0.29, 0.717) is 32.2 Å². The van der Waals surface area contributed by atoms with Gasteiger partial charge in [-0.1, -0.05) is 6.07 Å². The van der Waals surface area contributed by atoms with Crippen molar-refractivity contribution in [3.05, 3.63) is 23.8 Å². The summed E-state index contributed by atoms with van der Waals surface area (Å²) in [6.45, 7) is 7.62. The van der Waals surface area contributed by atoms with Gasteiger partial charge in [-0.3, -0.25) is 19.4 Å².